The number of carbonyl (C=O) groups is 1. The molecule has 0 aliphatic heterocycles. The van der Waals surface area contributed by atoms with E-state index in [2.05, 4.69) is 5.32 Å². The average molecular weight is 161 g/mol. The van der Waals surface area contributed by atoms with Crippen LogP contribution in [0.2, 0.25) is 0 Å². The molecule has 0 amide bonds. The summed E-state index contributed by atoms with van der Waals surface area (Å²) in [4.78, 5) is 10.0. The van der Waals surface area contributed by atoms with Crippen LogP contribution in [-0.2, 0) is 4.79 Å². The maximum absolute atomic E-state index is 10.0. The predicted molar refractivity (Wildman–Crippen MR) is 41.4 cm³/mol. The topological polar surface area (TPSA) is 69.6 Å². The van der Waals surface area contributed by atoms with Gasteiger partial charge >= 0.3 is 5.97 Å². The van der Waals surface area contributed by atoms with Crippen LogP contribution in [0.15, 0.2) is 0 Å². The number of aliphatic carboxylic acids is 1. The molecular formula is C7H15NO3. The van der Waals surface area contributed by atoms with Gasteiger partial charge in [0.25, 0.3) is 0 Å². The molecule has 11 heavy (non-hydrogen) atoms. The smallest absolute Gasteiger partial charge is 0.303 e. The molecule has 0 aromatic rings. The van der Waals surface area contributed by atoms with Crippen molar-refractivity contribution in [2.45, 2.75) is 25.9 Å². The van der Waals surface area contributed by atoms with E-state index in [4.69, 9.17) is 10.2 Å². The lowest BCUT2D eigenvalue weighted by atomic mass is 10.3. The number of carboxylic acids is 1. The van der Waals surface area contributed by atoms with Crippen molar-refractivity contribution in [2.75, 3.05) is 13.1 Å². The van der Waals surface area contributed by atoms with Crippen molar-refractivity contribution in [1.29, 1.82) is 0 Å². The van der Waals surface area contributed by atoms with Gasteiger partial charge in [0.15, 0.2) is 0 Å². The molecule has 0 aromatic carbocycles. The van der Waals surface area contributed by atoms with Gasteiger partial charge in [0.05, 0.1) is 6.10 Å². The Morgan fingerprint density at radius 2 is 2.27 bits per heavy atom. The second-order valence-corrected chi connectivity index (χ2v) is 2.55. The average Bonchev–Trinajstić information content (AvgIpc) is 1.85. The van der Waals surface area contributed by atoms with E-state index in [1.807, 2.05) is 0 Å². The molecule has 0 bridgehead atoms. The summed E-state index contributed by atoms with van der Waals surface area (Å²) >= 11 is 0. The molecular weight excluding hydrogens is 146 g/mol. The summed E-state index contributed by atoms with van der Waals surface area (Å²) in [5.41, 5.74) is 0. The summed E-state index contributed by atoms with van der Waals surface area (Å²) < 4.78 is 0. The highest BCUT2D eigenvalue weighted by molar-refractivity contribution is 5.66. The third-order valence-corrected chi connectivity index (χ3v) is 1.18. The fraction of sp³-hybridized carbons (Fsp3) is 0.857. The first-order valence-corrected chi connectivity index (χ1v) is 3.73. The number of carboxylic acid groups (broad SMARTS) is 1. The molecule has 0 aliphatic carbocycles. The van der Waals surface area contributed by atoms with Crippen molar-refractivity contribution in [3.63, 3.8) is 0 Å². The third kappa shape index (κ3) is 9.39. The monoisotopic (exact) mass is 161 g/mol. The molecule has 1 unspecified atom stereocenters. The first-order valence-electron chi connectivity index (χ1n) is 3.73. The van der Waals surface area contributed by atoms with Crippen LogP contribution in [0.4, 0.5) is 0 Å². The molecule has 4 nitrogen and oxygen atoms in total. The SMILES string of the molecule is CC(O)CNCCCC(=O)O. The minimum Gasteiger partial charge on any atom is -0.481 e. The molecule has 4 heteroatoms. The van der Waals surface area contributed by atoms with Crippen LogP contribution in [-0.4, -0.2) is 35.4 Å². The molecule has 0 saturated carbocycles. The van der Waals surface area contributed by atoms with E-state index in [0.29, 0.717) is 19.5 Å². The Hall–Kier alpha value is -0.610. The normalized spacial score (nSPS) is 12.9. The Balaban J connectivity index is 2.97. The Kier molecular flexibility index (Phi) is 5.78. The molecule has 3 N–H and O–H groups in total. The summed E-state index contributed by atoms with van der Waals surface area (Å²) in [5.74, 6) is -0.774. The maximum atomic E-state index is 10.0. The summed E-state index contributed by atoms with van der Waals surface area (Å²) in [6.07, 6.45) is 0.439. The fourth-order valence-electron chi connectivity index (χ4n) is 0.676. The Morgan fingerprint density at radius 1 is 1.64 bits per heavy atom. The van der Waals surface area contributed by atoms with Gasteiger partial charge in [0.1, 0.15) is 0 Å². The lowest BCUT2D eigenvalue weighted by Crippen LogP contribution is -2.25. The maximum Gasteiger partial charge on any atom is 0.303 e. The summed E-state index contributed by atoms with van der Waals surface area (Å²) in [6.45, 7) is 2.86. The predicted octanol–water partition coefficient (Wildman–Crippen LogP) is -0.178. The van der Waals surface area contributed by atoms with Gasteiger partial charge < -0.3 is 15.5 Å². The third-order valence-electron chi connectivity index (χ3n) is 1.18. The molecule has 0 radical (unpaired) electrons. The Labute approximate surface area is 66.2 Å². The molecule has 0 rings (SSSR count). The number of aliphatic hydroxyl groups is 1. The minimum absolute atomic E-state index is 0.187. The zero-order valence-corrected chi connectivity index (χ0v) is 6.71. The van der Waals surface area contributed by atoms with E-state index in [-0.39, 0.29) is 12.5 Å². The summed E-state index contributed by atoms with van der Waals surface area (Å²) in [5, 5.41) is 20.0. The highest BCUT2D eigenvalue weighted by Crippen LogP contribution is 1.85. The Morgan fingerprint density at radius 3 is 2.73 bits per heavy atom. The number of hydrogen-bond acceptors (Lipinski definition) is 3. The number of nitrogens with one attached hydrogen (secondary N) is 1. The van der Waals surface area contributed by atoms with Crippen molar-refractivity contribution >= 4 is 5.97 Å². The van der Waals surface area contributed by atoms with E-state index in [1.54, 1.807) is 6.92 Å². The van der Waals surface area contributed by atoms with Gasteiger partial charge in [-0.3, -0.25) is 4.79 Å². The van der Waals surface area contributed by atoms with Crippen LogP contribution >= 0.6 is 0 Å². The fourth-order valence-corrected chi connectivity index (χ4v) is 0.676. The summed E-state index contributed by atoms with van der Waals surface area (Å²) in [6, 6.07) is 0. The van der Waals surface area contributed by atoms with Gasteiger partial charge in [-0.1, -0.05) is 0 Å². The molecule has 0 saturated heterocycles. The lowest BCUT2D eigenvalue weighted by Gasteiger charge is -2.04. The number of aliphatic hydroxyl groups excluding tert-OH is 1. The van der Waals surface area contributed by atoms with Crippen LogP contribution in [0.3, 0.4) is 0 Å². The van der Waals surface area contributed by atoms with Crippen LogP contribution < -0.4 is 5.32 Å². The lowest BCUT2D eigenvalue weighted by molar-refractivity contribution is -0.137. The second-order valence-electron chi connectivity index (χ2n) is 2.55. The van der Waals surface area contributed by atoms with E-state index in [1.165, 1.54) is 0 Å². The molecule has 0 spiro atoms. The zero-order valence-electron chi connectivity index (χ0n) is 6.71. The standard InChI is InChI=1S/C7H15NO3/c1-6(9)5-8-4-2-3-7(10)11/h6,8-9H,2-5H2,1H3,(H,10,11). The van der Waals surface area contributed by atoms with Crippen LogP contribution in [0.1, 0.15) is 19.8 Å². The van der Waals surface area contributed by atoms with Crippen molar-refractivity contribution in [3.8, 4) is 0 Å². The molecule has 0 heterocycles. The number of hydrogen-bond donors (Lipinski definition) is 3. The van der Waals surface area contributed by atoms with Gasteiger partial charge in [-0.25, -0.2) is 0 Å². The van der Waals surface area contributed by atoms with Crippen LogP contribution in [0.5, 0.6) is 0 Å². The Bertz CT molecular complexity index is 114. The highest BCUT2D eigenvalue weighted by atomic mass is 16.4. The van der Waals surface area contributed by atoms with E-state index in [0.717, 1.165) is 0 Å². The molecule has 66 valence electrons. The van der Waals surface area contributed by atoms with Crippen LogP contribution in [0.25, 0.3) is 0 Å². The van der Waals surface area contributed by atoms with E-state index >= 15 is 0 Å². The highest BCUT2D eigenvalue weighted by Gasteiger charge is 1.96. The molecule has 1 atom stereocenters. The molecule has 0 fully saturated rings. The minimum atomic E-state index is -0.774. The van der Waals surface area contributed by atoms with Crippen molar-refractivity contribution in [3.05, 3.63) is 0 Å². The quantitative estimate of drug-likeness (QED) is 0.473. The van der Waals surface area contributed by atoms with Gasteiger partial charge in [-0.2, -0.15) is 0 Å². The van der Waals surface area contributed by atoms with E-state index < -0.39 is 5.97 Å². The largest absolute Gasteiger partial charge is 0.481 e. The van der Waals surface area contributed by atoms with Gasteiger partial charge in [0.2, 0.25) is 0 Å². The number of rotatable bonds is 6. The van der Waals surface area contributed by atoms with Crippen molar-refractivity contribution in [1.82, 2.24) is 5.32 Å². The molecule has 0 aliphatic rings. The first kappa shape index (κ1) is 10.4. The summed E-state index contributed by atoms with van der Waals surface area (Å²) in [7, 11) is 0. The van der Waals surface area contributed by atoms with Gasteiger partial charge in [-0.05, 0) is 19.9 Å². The van der Waals surface area contributed by atoms with Crippen molar-refractivity contribution < 1.29 is 15.0 Å². The van der Waals surface area contributed by atoms with E-state index in [9.17, 15) is 4.79 Å². The first-order chi connectivity index (χ1) is 5.13. The van der Waals surface area contributed by atoms with Crippen molar-refractivity contribution in [2.24, 2.45) is 0 Å². The second kappa shape index (κ2) is 6.12. The van der Waals surface area contributed by atoms with Gasteiger partial charge in [0, 0.05) is 13.0 Å². The van der Waals surface area contributed by atoms with Crippen LogP contribution in [0, 0.1) is 0 Å². The van der Waals surface area contributed by atoms with Gasteiger partial charge in [-0.15, -0.1) is 0 Å². The zero-order chi connectivity index (χ0) is 8.69. The molecule has 0 aromatic heterocycles.